The fourth-order valence-corrected chi connectivity index (χ4v) is 7.45. The minimum Gasteiger partial charge on any atom is -0.365 e. The molecule has 16 heteroatoms. The van der Waals surface area contributed by atoms with Gasteiger partial charge in [0.2, 0.25) is 11.8 Å². The highest BCUT2D eigenvalue weighted by Crippen LogP contribution is 2.55. The largest absolute Gasteiger partial charge is 0.453 e. The van der Waals surface area contributed by atoms with Gasteiger partial charge in [0.15, 0.2) is 0 Å². The van der Waals surface area contributed by atoms with Crippen LogP contribution in [0.5, 0.6) is 0 Å². The van der Waals surface area contributed by atoms with Crippen LogP contribution in [0.4, 0.5) is 40.8 Å². The van der Waals surface area contributed by atoms with Crippen molar-refractivity contribution >= 4 is 28.3 Å². The predicted octanol–water partition coefficient (Wildman–Crippen LogP) is 4.66. The first-order chi connectivity index (χ1) is 19.2. The van der Waals surface area contributed by atoms with Gasteiger partial charge in [0, 0.05) is 41.8 Å². The number of halogens is 8. The molecule has 3 saturated heterocycles. The van der Waals surface area contributed by atoms with E-state index in [0.717, 1.165) is 12.1 Å². The Morgan fingerprint density at radius 1 is 0.976 bits per heavy atom. The number of anilines is 1. The van der Waals surface area contributed by atoms with Crippen LogP contribution < -0.4 is 4.90 Å². The second kappa shape index (κ2) is 10.8. The van der Waals surface area contributed by atoms with Crippen molar-refractivity contribution in [3.05, 3.63) is 29.3 Å². The number of ether oxygens (including phenoxy) is 1. The van der Waals surface area contributed by atoms with Crippen LogP contribution >= 0.6 is 0 Å². The highest BCUT2D eigenvalue weighted by Gasteiger charge is 2.71. The molecule has 2 amide bonds. The number of morpholine rings is 1. The molecule has 0 aromatic heterocycles. The summed E-state index contributed by atoms with van der Waals surface area (Å²) in [6.45, 7) is 3.87. The summed E-state index contributed by atoms with van der Waals surface area (Å²) in [5, 5.41) is 9.06. The number of fused-ring (bicyclic) bond motifs is 5. The summed E-state index contributed by atoms with van der Waals surface area (Å²) in [5.74, 6) is -8.60. The Labute approximate surface area is 238 Å². The quantitative estimate of drug-likeness (QED) is 0.292. The van der Waals surface area contributed by atoms with Gasteiger partial charge in [-0.3, -0.25) is 18.7 Å². The maximum absolute atomic E-state index is 13.5. The number of nitrogens with zero attached hydrogens (tertiary/aromatic N) is 3. The molecule has 5 atom stereocenters. The van der Waals surface area contributed by atoms with E-state index in [-0.39, 0.29) is 30.3 Å². The lowest BCUT2D eigenvalue weighted by atomic mass is 9.79. The number of hydrogen-bond acceptors (Lipinski definition) is 6. The third-order valence-corrected chi connectivity index (χ3v) is 9.46. The third-order valence-electron chi connectivity index (χ3n) is 7.97. The third kappa shape index (κ3) is 5.79. The molecule has 42 heavy (non-hydrogen) atoms. The van der Waals surface area contributed by atoms with Crippen LogP contribution in [0.3, 0.4) is 0 Å². The van der Waals surface area contributed by atoms with Crippen LogP contribution in [0, 0.1) is 23.2 Å². The number of rotatable bonds is 9. The number of amides is 2. The van der Waals surface area contributed by atoms with Crippen LogP contribution in [0.25, 0.3) is 0 Å². The zero-order chi connectivity index (χ0) is 31.5. The van der Waals surface area contributed by atoms with E-state index >= 15 is 0 Å². The molecule has 4 rings (SSSR count). The van der Waals surface area contributed by atoms with Crippen LogP contribution in [0.15, 0.2) is 18.2 Å². The molecule has 1 aromatic rings. The fourth-order valence-electron chi connectivity index (χ4n) is 6.33. The molecule has 0 N–H and O–H groups in total. The predicted molar refractivity (Wildman–Crippen MR) is 133 cm³/mol. The van der Waals surface area contributed by atoms with Gasteiger partial charge in [0.25, 0.3) is 0 Å². The average molecular weight is 630 g/mol. The zero-order valence-electron chi connectivity index (χ0n) is 22.5. The number of alkyl halides is 8. The van der Waals surface area contributed by atoms with Crippen molar-refractivity contribution in [2.75, 3.05) is 36.0 Å². The van der Waals surface area contributed by atoms with Gasteiger partial charge >= 0.3 is 18.3 Å². The lowest BCUT2D eigenvalue weighted by molar-refractivity contribution is -0.284. The van der Waals surface area contributed by atoms with Gasteiger partial charge in [-0.25, -0.2) is 4.90 Å². The number of carbonyl (C=O) groups is 2. The Kier molecular flexibility index (Phi) is 8.31. The van der Waals surface area contributed by atoms with Crippen molar-refractivity contribution in [3.8, 4) is 6.07 Å². The molecule has 3 heterocycles. The van der Waals surface area contributed by atoms with Gasteiger partial charge in [-0.05, 0) is 51.4 Å². The number of nitriles is 1. The molecule has 1 aromatic carbocycles. The molecule has 2 bridgehead atoms. The second-order valence-corrected chi connectivity index (χ2v) is 12.9. The van der Waals surface area contributed by atoms with Crippen molar-refractivity contribution in [1.82, 2.24) is 4.90 Å². The number of likely N-dealkylation sites (tertiary alicyclic amines) is 1. The molecule has 3 aliphatic rings. The summed E-state index contributed by atoms with van der Waals surface area (Å²) < 4.78 is 122. The molecular weight excluding hydrogens is 602 g/mol. The van der Waals surface area contributed by atoms with Crippen molar-refractivity contribution in [1.29, 1.82) is 5.26 Å². The maximum atomic E-state index is 13.5. The Morgan fingerprint density at radius 3 is 2.02 bits per heavy atom. The summed E-state index contributed by atoms with van der Waals surface area (Å²) in [4.78, 5) is 29.7. The molecule has 0 aliphatic carbocycles. The first-order valence-electron chi connectivity index (χ1n) is 13.0. The van der Waals surface area contributed by atoms with E-state index < -0.39 is 87.9 Å². The Hall–Kier alpha value is -2.64. The fraction of sp³-hybridized carbons (Fsp3) is 0.654. The molecule has 0 radical (unpaired) electrons. The second-order valence-electron chi connectivity index (χ2n) is 11.3. The van der Waals surface area contributed by atoms with Gasteiger partial charge in [-0.2, -0.15) is 40.4 Å². The van der Waals surface area contributed by atoms with Gasteiger partial charge in [-0.1, -0.05) is 0 Å². The first kappa shape index (κ1) is 32.3. The van der Waals surface area contributed by atoms with E-state index in [0.29, 0.717) is 23.9 Å². The average Bonchev–Trinajstić information content (AvgIpc) is 3.22. The summed E-state index contributed by atoms with van der Waals surface area (Å²) in [6, 6.07) is 4.07. The van der Waals surface area contributed by atoms with E-state index in [2.05, 4.69) is 0 Å². The normalized spacial score (nSPS) is 29.1. The van der Waals surface area contributed by atoms with Crippen molar-refractivity contribution in [3.63, 3.8) is 0 Å². The van der Waals surface area contributed by atoms with E-state index in [9.17, 15) is 48.9 Å². The standard InChI is InChI=1S/C26H27F8N3O4S/c1-22-13-36(8-4-10-42(40)9-3-7-24(27,28)26(32,33)34)14-23(2,41-22)19-18(22)20(38)37(21(19)39)16-6-5-15(12-35)17(11-16)25(29,30)31/h5-6,11,18-19H,3-4,7-10,13-14H2,1-2H3. The maximum Gasteiger partial charge on any atom is 0.453 e. The highest BCUT2D eigenvalue weighted by molar-refractivity contribution is 7.84. The summed E-state index contributed by atoms with van der Waals surface area (Å²) in [5.41, 5.74) is -4.61. The van der Waals surface area contributed by atoms with Gasteiger partial charge in [0.1, 0.15) is 0 Å². The molecule has 5 unspecified atom stereocenters. The Morgan fingerprint density at radius 2 is 1.52 bits per heavy atom. The van der Waals surface area contributed by atoms with Gasteiger partial charge < -0.3 is 4.74 Å². The van der Waals surface area contributed by atoms with Crippen LogP contribution in [-0.4, -0.2) is 75.4 Å². The molecular formula is C26H27F8N3O4S. The summed E-state index contributed by atoms with van der Waals surface area (Å²) >= 11 is 0. The Balaban J connectivity index is 1.41. The minimum absolute atomic E-state index is 0.0428. The van der Waals surface area contributed by atoms with Crippen molar-refractivity contribution in [2.24, 2.45) is 11.8 Å². The zero-order valence-corrected chi connectivity index (χ0v) is 23.3. The van der Waals surface area contributed by atoms with E-state index in [1.165, 1.54) is 6.07 Å². The highest BCUT2D eigenvalue weighted by atomic mass is 32.2. The summed E-state index contributed by atoms with van der Waals surface area (Å²) in [7, 11) is -1.64. The number of imide groups is 1. The van der Waals surface area contributed by atoms with Crippen LogP contribution in [-0.2, 0) is 31.3 Å². The topological polar surface area (TPSA) is 90.7 Å². The molecule has 232 valence electrons. The number of benzene rings is 1. The van der Waals surface area contributed by atoms with E-state index in [4.69, 9.17) is 10.00 Å². The van der Waals surface area contributed by atoms with Crippen molar-refractivity contribution in [2.45, 2.75) is 62.6 Å². The first-order valence-corrected chi connectivity index (χ1v) is 14.4. The van der Waals surface area contributed by atoms with Crippen LogP contribution in [0.1, 0.15) is 44.2 Å². The number of carbonyl (C=O) groups excluding carboxylic acids is 2. The number of hydrogen-bond donors (Lipinski definition) is 0. The smallest absolute Gasteiger partial charge is 0.365 e. The van der Waals surface area contributed by atoms with Gasteiger partial charge in [0.05, 0.1) is 45.9 Å². The molecule has 3 fully saturated rings. The molecule has 3 aliphatic heterocycles. The van der Waals surface area contributed by atoms with Crippen LogP contribution in [0.2, 0.25) is 0 Å². The lowest BCUT2D eigenvalue weighted by Crippen LogP contribution is -2.58. The van der Waals surface area contributed by atoms with E-state index in [1.54, 1.807) is 13.8 Å². The summed E-state index contributed by atoms with van der Waals surface area (Å²) in [6.07, 6.45) is -12.3. The monoisotopic (exact) mass is 629 g/mol. The van der Waals surface area contributed by atoms with Gasteiger partial charge in [-0.15, -0.1) is 0 Å². The lowest BCUT2D eigenvalue weighted by Gasteiger charge is -2.45. The van der Waals surface area contributed by atoms with Crippen molar-refractivity contribution < 1.29 is 53.7 Å². The molecule has 7 nitrogen and oxygen atoms in total. The van der Waals surface area contributed by atoms with E-state index in [1.807, 2.05) is 4.90 Å². The molecule has 0 spiro atoms. The SMILES string of the molecule is CC12CN(CCCS(=O)CCCC(F)(F)C(F)(F)F)CC(C)(O1)C1C(=O)N(c3ccc(C#N)c(C(F)(F)F)c3)C(=O)C12. The Bertz CT molecular complexity index is 1290. The minimum atomic E-state index is -5.66. The molecule has 0 saturated carbocycles.